The van der Waals surface area contributed by atoms with E-state index in [1.54, 1.807) is 18.3 Å². The lowest BCUT2D eigenvalue weighted by molar-refractivity contribution is -0.00546. The van der Waals surface area contributed by atoms with Gasteiger partial charge >= 0.3 is 6.03 Å². The molecule has 2 heterocycles. The summed E-state index contributed by atoms with van der Waals surface area (Å²) in [5.74, 6) is 1.82. The van der Waals surface area contributed by atoms with Crippen LogP contribution >= 0.6 is 11.6 Å². The highest BCUT2D eigenvalue weighted by atomic mass is 35.5. The van der Waals surface area contributed by atoms with Gasteiger partial charge in [0.25, 0.3) is 0 Å². The fraction of sp³-hybridized carbons (Fsp3) is 0.429. The molecule has 2 aromatic rings. The highest BCUT2D eigenvalue weighted by Crippen LogP contribution is 2.35. The zero-order chi connectivity index (χ0) is 21.7. The number of hydrogen-bond donors (Lipinski definition) is 2. The summed E-state index contributed by atoms with van der Waals surface area (Å²) in [6.07, 6.45) is 2.11. The molecule has 1 aliphatic heterocycles. The molecular weight excluding hydrogens is 408 g/mol. The van der Waals surface area contributed by atoms with Gasteiger partial charge < -0.3 is 29.7 Å². The van der Waals surface area contributed by atoms with Gasteiger partial charge in [-0.05, 0) is 31.5 Å². The Morgan fingerprint density at radius 1 is 1.20 bits per heavy atom. The normalized spacial score (nSPS) is 18.6. The Balaban J connectivity index is 1.57. The van der Waals surface area contributed by atoms with Crippen molar-refractivity contribution in [2.45, 2.75) is 32.6 Å². The number of carbonyl (C=O) groups is 1. The Bertz CT molecular complexity index is 868. The fourth-order valence-electron chi connectivity index (χ4n) is 3.38. The molecule has 2 unspecified atom stereocenters. The molecule has 0 bridgehead atoms. The van der Waals surface area contributed by atoms with Crippen LogP contribution in [-0.4, -0.2) is 50.5 Å². The second kappa shape index (κ2) is 9.86. The Labute approximate surface area is 181 Å². The quantitative estimate of drug-likeness (QED) is 0.721. The third kappa shape index (κ3) is 5.46. The maximum absolute atomic E-state index is 12.3. The van der Waals surface area contributed by atoms with E-state index in [9.17, 15) is 4.79 Å². The van der Waals surface area contributed by atoms with Crippen molar-refractivity contribution in [1.29, 1.82) is 0 Å². The summed E-state index contributed by atoms with van der Waals surface area (Å²) in [7, 11) is 3.02. The molecule has 2 amide bonds. The second-order valence-electron chi connectivity index (χ2n) is 7.18. The van der Waals surface area contributed by atoms with E-state index < -0.39 is 0 Å². The maximum Gasteiger partial charge on any atom is 0.319 e. The van der Waals surface area contributed by atoms with Crippen LogP contribution in [-0.2, 0) is 11.3 Å². The summed E-state index contributed by atoms with van der Waals surface area (Å²) in [4.78, 5) is 19.1. The summed E-state index contributed by atoms with van der Waals surface area (Å²) in [5.41, 5.74) is 1.34. The number of benzene rings is 1. The number of morpholine rings is 1. The van der Waals surface area contributed by atoms with E-state index in [1.165, 1.54) is 14.2 Å². The first-order valence-corrected chi connectivity index (χ1v) is 10.1. The summed E-state index contributed by atoms with van der Waals surface area (Å²) >= 11 is 6.14. The molecule has 1 saturated heterocycles. The molecule has 0 radical (unpaired) electrons. The lowest BCUT2D eigenvalue weighted by Crippen LogP contribution is -2.45. The van der Waals surface area contributed by atoms with Crippen molar-refractivity contribution < 1.29 is 19.0 Å². The van der Waals surface area contributed by atoms with Crippen molar-refractivity contribution in [2.75, 3.05) is 37.5 Å². The van der Waals surface area contributed by atoms with Gasteiger partial charge in [-0.15, -0.1) is 0 Å². The predicted molar refractivity (Wildman–Crippen MR) is 117 cm³/mol. The molecule has 0 spiro atoms. The Kier molecular flexibility index (Phi) is 7.23. The number of hydrogen-bond acceptors (Lipinski definition) is 6. The van der Waals surface area contributed by atoms with Crippen LogP contribution in [0.1, 0.15) is 19.4 Å². The molecule has 0 aliphatic carbocycles. The molecule has 1 aromatic carbocycles. The Hall–Kier alpha value is -2.71. The molecular formula is C21H27ClN4O4. The summed E-state index contributed by atoms with van der Waals surface area (Å²) in [6, 6.07) is 6.74. The van der Waals surface area contributed by atoms with Crippen molar-refractivity contribution >= 4 is 29.1 Å². The number of carbonyl (C=O) groups excluding carboxylic acids is 1. The molecule has 8 nitrogen and oxygen atoms in total. The number of amides is 2. The van der Waals surface area contributed by atoms with Crippen molar-refractivity contribution in [3.8, 4) is 11.5 Å². The van der Waals surface area contributed by atoms with Crippen molar-refractivity contribution in [3.05, 3.63) is 41.0 Å². The van der Waals surface area contributed by atoms with Gasteiger partial charge in [-0.2, -0.15) is 0 Å². The standard InChI is InChI=1S/C21H27ClN4O4/c1-13-11-26(12-14(2)30-13)20-6-5-15(9-23-20)10-24-21(27)25-17-7-16(22)18(28-3)8-19(17)29-4/h5-9,13-14H,10-12H2,1-4H3,(H2,24,25,27). The van der Waals surface area contributed by atoms with Crippen LogP contribution in [0.3, 0.4) is 0 Å². The second-order valence-corrected chi connectivity index (χ2v) is 7.59. The minimum absolute atomic E-state index is 0.170. The van der Waals surface area contributed by atoms with E-state index in [-0.39, 0.29) is 18.2 Å². The van der Waals surface area contributed by atoms with Gasteiger partial charge in [0.1, 0.15) is 17.3 Å². The molecule has 1 fully saturated rings. The Morgan fingerprint density at radius 3 is 2.50 bits per heavy atom. The van der Waals surface area contributed by atoms with E-state index >= 15 is 0 Å². The molecule has 0 saturated carbocycles. The van der Waals surface area contributed by atoms with E-state index in [0.717, 1.165) is 24.5 Å². The third-order valence-electron chi connectivity index (χ3n) is 4.73. The van der Waals surface area contributed by atoms with Gasteiger partial charge in [0.2, 0.25) is 0 Å². The molecule has 3 rings (SSSR count). The van der Waals surface area contributed by atoms with Crippen molar-refractivity contribution in [1.82, 2.24) is 10.3 Å². The number of nitrogens with one attached hydrogen (secondary N) is 2. The zero-order valence-corrected chi connectivity index (χ0v) is 18.3. The minimum atomic E-state index is -0.380. The van der Waals surface area contributed by atoms with Gasteiger partial charge in [-0.1, -0.05) is 17.7 Å². The number of rotatable bonds is 6. The number of aromatic nitrogens is 1. The summed E-state index contributed by atoms with van der Waals surface area (Å²) in [6.45, 7) is 6.07. The molecule has 2 N–H and O–H groups in total. The monoisotopic (exact) mass is 434 g/mol. The van der Waals surface area contributed by atoms with Crippen LogP contribution < -0.4 is 25.0 Å². The van der Waals surface area contributed by atoms with Gasteiger partial charge in [-0.3, -0.25) is 0 Å². The molecule has 162 valence electrons. The van der Waals surface area contributed by atoms with Gasteiger partial charge in [-0.25, -0.2) is 9.78 Å². The third-order valence-corrected chi connectivity index (χ3v) is 5.02. The number of nitrogens with zero attached hydrogens (tertiary/aromatic N) is 2. The SMILES string of the molecule is COc1cc(OC)c(NC(=O)NCc2ccc(N3CC(C)OC(C)C3)nc2)cc1Cl. The average molecular weight is 435 g/mol. The first-order valence-electron chi connectivity index (χ1n) is 9.71. The number of ether oxygens (including phenoxy) is 3. The van der Waals surface area contributed by atoms with Crippen molar-refractivity contribution in [3.63, 3.8) is 0 Å². The molecule has 30 heavy (non-hydrogen) atoms. The highest BCUT2D eigenvalue weighted by Gasteiger charge is 2.23. The van der Waals surface area contributed by atoms with Crippen LogP contribution in [0, 0.1) is 0 Å². The highest BCUT2D eigenvalue weighted by molar-refractivity contribution is 6.32. The van der Waals surface area contributed by atoms with Crippen LogP contribution in [0.5, 0.6) is 11.5 Å². The Morgan fingerprint density at radius 2 is 1.90 bits per heavy atom. The van der Waals surface area contributed by atoms with E-state index in [0.29, 0.717) is 28.8 Å². The average Bonchev–Trinajstić information content (AvgIpc) is 2.72. The summed E-state index contributed by atoms with van der Waals surface area (Å²) in [5, 5.41) is 5.92. The van der Waals surface area contributed by atoms with E-state index in [2.05, 4.69) is 34.4 Å². The number of urea groups is 1. The molecule has 9 heteroatoms. The first-order chi connectivity index (χ1) is 14.4. The van der Waals surface area contributed by atoms with Crippen molar-refractivity contribution in [2.24, 2.45) is 0 Å². The lowest BCUT2D eigenvalue weighted by atomic mass is 10.2. The summed E-state index contributed by atoms with van der Waals surface area (Å²) < 4.78 is 16.2. The maximum atomic E-state index is 12.3. The van der Waals surface area contributed by atoms with Crippen LogP contribution in [0.2, 0.25) is 5.02 Å². The molecule has 1 aromatic heterocycles. The number of halogens is 1. The molecule has 2 atom stereocenters. The van der Waals surface area contributed by atoms with Gasteiger partial charge in [0, 0.05) is 31.9 Å². The number of pyridine rings is 1. The van der Waals surface area contributed by atoms with Crippen LogP contribution in [0.4, 0.5) is 16.3 Å². The zero-order valence-electron chi connectivity index (χ0n) is 17.6. The first kappa shape index (κ1) is 22.0. The smallest absolute Gasteiger partial charge is 0.319 e. The topological polar surface area (TPSA) is 85.0 Å². The molecule has 1 aliphatic rings. The number of methoxy groups -OCH3 is 2. The lowest BCUT2D eigenvalue weighted by Gasteiger charge is -2.36. The fourth-order valence-corrected chi connectivity index (χ4v) is 3.62. The van der Waals surface area contributed by atoms with Gasteiger partial charge in [0.05, 0.1) is 37.1 Å². The van der Waals surface area contributed by atoms with Gasteiger partial charge in [0.15, 0.2) is 0 Å². The van der Waals surface area contributed by atoms with E-state index in [4.69, 9.17) is 25.8 Å². The largest absolute Gasteiger partial charge is 0.495 e. The van der Waals surface area contributed by atoms with Crippen LogP contribution in [0.25, 0.3) is 0 Å². The van der Waals surface area contributed by atoms with Crippen LogP contribution in [0.15, 0.2) is 30.5 Å². The van der Waals surface area contributed by atoms with E-state index in [1.807, 2.05) is 12.1 Å². The predicted octanol–water partition coefficient (Wildman–Crippen LogP) is 3.69. The minimum Gasteiger partial charge on any atom is -0.495 e. The number of anilines is 2.